The minimum atomic E-state index is 0.0856. The van der Waals surface area contributed by atoms with Crippen molar-refractivity contribution in [1.29, 1.82) is 0 Å². The van der Waals surface area contributed by atoms with Gasteiger partial charge in [0.05, 0.1) is 0 Å². The predicted molar refractivity (Wildman–Crippen MR) is 83.3 cm³/mol. The molecule has 1 aliphatic heterocycles. The van der Waals surface area contributed by atoms with Crippen LogP contribution < -0.4 is 10.6 Å². The Bertz CT molecular complexity index is 621. The lowest BCUT2D eigenvalue weighted by molar-refractivity contribution is 0.688. The molecule has 0 saturated carbocycles. The molecule has 0 bridgehead atoms. The molecule has 2 heterocycles. The van der Waals surface area contributed by atoms with Gasteiger partial charge in [-0.1, -0.05) is 31.2 Å². The van der Waals surface area contributed by atoms with Crippen molar-refractivity contribution in [3.8, 4) is 0 Å². The maximum atomic E-state index is 6.12. The number of rotatable bonds is 3. The van der Waals surface area contributed by atoms with Crippen LogP contribution in [0.15, 0.2) is 36.4 Å². The van der Waals surface area contributed by atoms with Crippen LogP contribution >= 0.6 is 0 Å². The average Bonchev–Trinajstić information content (AvgIpc) is 2.90. The van der Waals surface area contributed by atoms with Gasteiger partial charge in [-0.25, -0.2) is 4.98 Å². The molecule has 0 unspecified atom stereocenters. The summed E-state index contributed by atoms with van der Waals surface area (Å²) in [6.45, 7) is 5.16. The molecular formula is C17H21N3. The van der Waals surface area contributed by atoms with Crippen molar-refractivity contribution in [3.05, 3.63) is 53.2 Å². The quantitative estimate of drug-likeness (QED) is 0.925. The normalized spacial score (nSPS) is 15.2. The molecule has 3 heteroatoms. The average molecular weight is 267 g/mol. The summed E-state index contributed by atoms with van der Waals surface area (Å²) < 4.78 is 0. The summed E-state index contributed by atoms with van der Waals surface area (Å²) in [5, 5.41) is 0. The molecule has 3 rings (SSSR count). The molecule has 1 aromatic heterocycles. The van der Waals surface area contributed by atoms with Crippen LogP contribution in [0.2, 0.25) is 0 Å². The first-order valence-electron chi connectivity index (χ1n) is 7.29. The highest BCUT2D eigenvalue weighted by molar-refractivity contribution is 5.67. The maximum absolute atomic E-state index is 6.12. The lowest BCUT2D eigenvalue weighted by Crippen LogP contribution is -2.17. The molecule has 0 fully saturated rings. The molecule has 0 spiro atoms. The van der Waals surface area contributed by atoms with Crippen molar-refractivity contribution >= 4 is 11.5 Å². The van der Waals surface area contributed by atoms with E-state index in [4.69, 9.17) is 10.7 Å². The van der Waals surface area contributed by atoms with Gasteiger partial charge in [0.25, 0.3) is 0 Å². The van der Waals surface area contributed by atoms with E-state index in [0.717, 1.165) is 36.5 Å². The standard InChI is InChI=1S/C17H21N3/c1-3-15(18)14-8-9-17(19-12(14)2)20-11-10-13-6-4-5-7-16(13)20/h4-9,15H,3,10-11,18H2,1-2H3/t15-/m0/s1. The number of nitrogens with zero attached hydrogens (tertiary/aromatic N) is 2. The van der Waals surface area contributed by atoms with Gasteiger partial charge >= 0.3 is 0 Å². The molecule has 1 aliphatic rings. The number of hydrogen-bond acceptors (Lipinski definition) is 3. The molecule has 1 atom stereocenters. The van der Waals surface area contributed by atoms with Crippen LogP contribution in [-0.4, -0.2) is 11.5 Å². The van der Waals surface area contributed by atoms with Crippen LogP contribution in [0.3, 0.4) is 0 Å². The smallest absolute Gasteiger partial charge is 0.133 e. The lowest BCUT2D eigenvalue weighted by Gasteiger charge is -2.20. The third-order valence-electron chi connectivity index (χ3n) is 4.11. The molecule has 1 aromatic carbocycles. The molecule has 0 radical (unpaired) electrons. The van der Waals surface area contributed by atoms with Gasteiger partial charge in [0.1, 0.15) is 5.82 Å². The van der Waals surface area contributed by atoms with Crippen molar-refractivity contribution in [2.45, 2.75) is 32.7 Å². The van der Waals surface area contributed by atoms with Crippen molar-refractivity contribution in [2.24, 2.45) is 5.73 Å². The summed E-state index contributed by atoms with van der Waals surface area (Å²) in [4.78, 5) is 7.06. The van der Waals surface area contributed by atoms with Crippen LogP contribution in [0.4, 0.5) is 11.5 Å². The molecule has 0 aliphatic carbocycles. The number of nitrogens with two attached hydrogens (primary N) is 1. The number of aryl methyl sites for hydroxylation is 1. The Hall–Kier alpha value is -1.87. The van der Waals surface area contributed by atoms with Gasteiger partial charge in [-0.3, -0.25) is 0 Å². The third-order valence-corrected chi connectivity index (χ3v) is 4.11. The predicted octanol–water partition coefficient (Wildman–Crippen LogP) is 3.49. The number of aromatic nitrogens is 1. The molecular weight excluding hydrogens is 246 g/mol. The van der Waals surface area contributed by atoms with E-state index in [-0.39, 0.29) is 6.04 Å². The number of anilines is 2. The minimum absolute atomic E-state index is 0.0856. The zero-order chi connectivity index (χ0) is 14.1. The third kappa shape index (κ3) is 2.18. The van der Waals surface area contributed by atoms with Gasteiger partial charge in [0.15, 0.2) is 0 Å². The highest BCUT2D eigenvalue weighted by Crippen LogP contribution is 2.33. The second kappa shape index (κ2) is 5.25. The first-order valence-corrected chi connectivity index (χ1v) is 7.29. The fourth-order valence-electron chi connectivity index (χ4n) is 2.90. The summed E-state index contributed by atoms with van der Waals surface area (Å²) >= 11 is 0. The number of fused-ring (bicyclic) bond motifs is 1. The lowest BCUT2D eigenvalue weighted by atomic mass is 10.0. The van der Waals surface area contributed by atoms with Gasteiger partial charge in [-0.2, -0.15) is 0 Å². The molecule has 2 aromatic rings. The zero-order valence-electron chi connectivity index (χ0n) is 12.1. The van der Waals surface area contributed by atoms with Crippen LogP contribution in [0, 0.1) is 6.92 Å². The van der Waals surface area contributed by atoms with Crippen molar-refractivity contribution in [2.75, 3.05) is 11.4 Å². The Morgan fingerprint density at radius 2 is 2.05 bits per heavy atom. The summed E-state index contributed by atoms with van der Waals surface area (Å²) in [6, 6.07) is 12.9. The topological polar surface area (TPSA) is 42.1 Å². The molecule has 0 amide bonds. The van der Waals surface area contributed by atoms with Gasteiger partial charge in [0, 0.05) is 24.0 Å². The van der Waals surface area contributed by atoms with Crippen molar-refractivity contribution in [1.82, 2.24) is 4.98 Å². The van der Waals surface area contributed by atoms with E-state index in [0.29, 0.717) is 0 Å². The van der Waals surface area contributed by atoms with Crippen LogP contribution in [0.25, 0.3) is 0 Å². The summed E-state index contributed by atoms with van der Waals surface area (Å²) in [5.41, 5.74) is 11.0. The van der Waals surface area contributed by atoms with E-state index >= 15 is 0 Å². The Morgan fingerprint density at radius 3 is 2.80 bits per heavy atom. The van der Waals surface area contributed by atoms with Crippen molar-refractivity contribution in [3.63, 3.8) is 0 Å². The van der Waals surface area contributed by atoms with E-state index in [9.17, 15) is 0 Å². The van der Waals surface area contributed by atoms with Crippen LogP contribution in [-0.2, 0) is 6.42 Å². The Balaban J connectivity index is 1.95. The number of pyridine rings is 1. The summed E-state index contributed by atoms with van der Waals surface area (Å²) in [7, 11) is 0. The van der Waals surface area contributed by atoms with Crippen LogP contribution in [0.5, 0.6) is 0 Å². The van der Waals surface area contributed by atoms with Gasteiger partial charge in [0.2, 0.25) is 0 Å². The molecule has 2 N–H and O–H groups in total. The van der Waals surface area contributed by atoms with E-state index in [1.54, 1.807) is 0 Å². The van der Waals surface area contributed by atoms with Crippen LogP contribution in [0.1, 0.15) is 36.2 Å². The molecule has 0 saturated heterocycles. The molecule has 20 heavy (non-hydrogen) atoms. The zero-order valence-corrected chi connectivity index (χ0v) is 12.1. The number of benzene rings is 1. The highest BCUT2D eigenvalue weighted by atomic mass is 15.2. The number of para-hydroxylation sites is 1. The fourth-order valence-corrected chi connectivity index (χ4v) is 2.90. The summed E-state index contributed by atoms with van der Waals surface area (Å²) in [5.74, 6) is 1.03. The Labute approximate surface area is 120 Å². The van der Waals surface area contributed by atoms with E-state index in [1.165, 1.54) is 11.3 Å². The minimum Gasteiger partial charge on any atom is -0.326 e. The van der Waals surface area contributed by atoms with E-state index in [2.05, 4.69) is 55.1 Å². The first-order chi connectivity index (χ1) is 9.70. The second-order valence-electron chi connectivity index (χ2n) is 5.39. The molecule has 104 valence electrons. The largest absolute Gasteiger partial charge is 0.326 e. The van der Waals surface area contributed by atoms with Gasteiger partial charge in [-0.05, 0) is 43.0 Å². The Morgan fingerprint density at radius 1 is 1.25 bits per heavy atom. The molecule has 3 nitrogen and oxygen atoms in total. The summed E-state index contributed by atoms with van der Waals surface area (Å²) in [6.07, 6.45) is 2.03. The van der Waals surface area contributed by atoms with Crippen molar-refractivity contribution < 1.29 is 0 Å². The monoisotopic (exact) mass is 267 g/mol. The Kier molecular flexibility index (Phi) is 3.45. The van der Waals surface area contributed by atoms with Gasteiger partial charge < -0.3 is 10.6 Å². The van der Waals surface area contributed by atoms with E-state index in [1.807, 2.05) is 0 Å². The second-order valence-corrected chi connectivity index (χ2v) is 5.39. The first kappa shape index (κ1) is 13.1. The number of hydrogen-bond donors (Lipinski definition) is 1. The van der Waals surface area contributed by atoms with Gasteiger partial charge in [-0.15, -0.1) is 0 Å². The van der Waals surface area contributed by atoms with E-state index < -0.39 is 0 Å². The SMILES string of the molecule is CC[C@H](N)c1ccc(N2CCc3ccccc32)nc1C. The fraction of sp³-hybridized carbons (Fsp3) is 0.353. The maximum Gasteiger partial charge on any atom is 0.133 e. The highest BCUT2D eigenvalue weighted by Gasteiger charge is 2.21.